The van der Waals surface area contributed by atoms with E-state index in [1.165, 1.54) is 6.42 Å². The topological polar surface area (TPSA) is 49.3 Å². The number of carboxylic acids is 1. The molecule has 86 valence electrons. The second-order valence-electron chi connectivity index (χ2n) is 4.57. The Balaban J connectivity index is 2.24. The highest BCUT2D eigenvalue weighted by molar-refractivity contribution is 5.80. The first-order valence-electron chi connectivity index (χ1n) is 5.69. The van der Waals surface area contributed by atoms with Gasteiger partial charge in [-0.3, -0.25) is 5.32 Å². The maximum absolute atomic E-state index is 11.4. The van der Waals surface area contributed by atoms with E-state index in [4.69, 9.17) is 0 Å². The van der Waals surface area contributed by atoms with Crippen LogP contribution in [0.15, 0.2) is 30.3 Å². The van der Waals surface area contributed by atoms with E-state index in [1.54, 1.807) is 6.92 Å². The maximum Gasteiger partial charge on any atom is 0.328 e. The first-order valence-corrected chi connectivity index (χ1v) is 5.69. The zero-order chi connectivity index (χ0) is 11.6. The number of rotatable bonds is 4. The highest BCUT2D eigenvalue weighted by Crippen LogP contribution is 2.27. The standard InChI is InChI=1S/C13H17NO2/c1-13(12(15)16,14-11-8-5-9-11)10-6-3-2-4-7-10/h2-4,6-7,11,14H,5,8-9H2,1H3,(H,15,16). The van der Waals surface area contributed by atoms with Crippen LogP contribution in [0.1, 0.15) is 31.7 Å². The molecule has 1 aliphatic carbocycles. The van der Waals surface area contributed by atoms with Crippen LogP contribution in [0.4, 0.5) is 0 Å². The van der Waals surface area contributed by atoms with Crippen LogP contribution in [0, 0.1) is 0 Å². The van der Waals surface area contributed by atoms with Crippen LogP contribution < -0.4 is 5.32 Å². The molecule has 1 aromatic rings. The summed E-state index contributed by atoms with van der Waals surface area (Å²) in [7, 11) is 0. The van der Waals surface area contributed by atoms with E-state index in [0.717, 1.165) is 18.4 Å². The highest BCUT2D eigenvalue weighted by atomic mass is 16.4. The second-order valence-corrected chi connectivity index (χ2v) is 4.57. The fourth-order valence-electron chi connectivity index (χ4n) is 2.00. The summed E-state index contributed by atoms with van der Waals surface area (Å²) in [5.74, 6) is -0.814. The lowest BCUT2D eigenvalue weighted by atomic mass is 9.86. The molecule has 0 spiro atoms. The van der Waals surface area contributed by atoms with Crippen LogP contribution >= 0.6 is 0 Å². The zero-order valence-corrected chi connectivity index (χ0v) is 9.44. The summed E-state index contributed by atoms with van der Waals surface area (Å²) < 4.78 is 0. The molecule has 1 saturated carbocycles. The summed E-state index contributed by atoms with van der Waals surface area (Å²) in [6.45, 7) is 1.74. The largest absolute Gasteiger partial charge is 0.480 e. The third-order valence-electron chi connectivity index (χ3n) is 3.38. The number of hydrogen-bond acceptors (Lipinski definition) is 2. The summed E-state index contributed by atoms with van der Waals surface area (Å²) in [6, 6.07) is 9.72. The molecule has 1 aliphatic rings. The van der Waals surface area contributed by atoms with Gasteiger partial charge in [-0.05, 0) is 25.3 Å². The van der Waals surface area contributed by atoms with Crippen LogP contribution in [0.2, 0.25) is 0 Å². The van der Waals surface area contributed by atoms with Crippen molar-refractivity contribution >= 4 is 5.97 Å². The normalized spacial score (nSPS) is 19.8. The van der Waals surface area contributed by atoms with Gasteiger partial charge in [0.25, 0.3) is 0 Å². The predicted octanol–water partition coefficient (Wildman–Crippen LogP) is 2.13. The van der Waals surface area contributed by atoms with Crippen molar-refractivity contribution in [1.82, 2.24) is 5.32 Å². The Labute approximate surface area is 95.5 Å². The lowest BCUT2D eigenvalue weighted by Crippen LogP contribution is -2.53. The van der Waals surface area contributed by atoms with E-state index in [1.807, 2.05) is 30.3 Å². The lowest BCUT2D eigenvalue weighted by Gasteiger charge is -2.36. The smallest absolute Gasteiger partial charge is 0.328 e. The fourth-order valence-corrected chi connectivity index (χ4v) is 2.00. The quantitative estimate of drug-likeness (QED) is 0.815. The summed E-state index contributed by atoms with van der Waals surface area (Å²) in [5, 5.41) is 12.6. The number of nitrogens with one attached hydrogen (secondary N) is 1. The monoisotopic (exact) mass is 219 g/mol. The SMILES string of the molecule is CC(NC1CCC1)(C(=O)O)c1ccccc1. The van der Waals surface area contributed by atoms with Crippen molar-refractivity contribution in [2.24, 2.45) is 0 Å². The van der Waals surface area contributed by atoms with Crippen LogP contribution in [-0.2, 0) is 10.3 Å². The van der Waals surface area contributed by atoms with Crippen LogP contribution in [-0.4, -0.2) is 17.1 Å². The molecule has 0 heterocycles. The molecule has 16 heavy (non-hydrogen) atoms. The maximum atomic E-state index is 11.4. The molecule has 0 amide bonds. The van der Waals surface area contributed by atoms with Gasteiger partial charge in [0, 0.05) is 6.04 Å². The molecule has 2 rings (SSSR count). The summed E-state index contributed by atoms with van der Waals surface area (Å²) in [5.41, 5.74) is -0.152. The van der Waals surface area contributed by atoms with E-state index in [-0.39, 0.29) is 0 Å². The highest BCUT2D eigenvalue weighted by Gasteiger charge is 2.38. The number of carbonyl (C=O) groups is 1. The Bertz CT molecular complexity index is 373. The Morgan fingerprint density at radius 3 is 2.44 bits per heavy atom. The third-order valence-corrected chi connectivity index (χ3v) is 3.38. The molecule has 3 heteroatoms. The third kappa shape index (κ3) is 1.95. The zero-order valence-electron chi connectivity index (χ0n) is 9.44. The molecule has 0 saturated heterocycles. The number of aliphatic carboxylic acids is 1. The van der Waals surface area contributed by atoms with Gasteiger partial charge in [0.1, 0.15) is 5.54 Å². The summed E-state index contributed by atoms with van der Waals surface area (Å²) in [4.78, 5) is 11.4. The molecule has 0 aliphatic heterocycles. The van der Waals surface area contributed by atoms with Crippen molar-refractivity contribution in [2.45, 2.75) is 37.8 Å². The van der Waals surface area contributed by atoms with Crippen LogP contribution in [0.3, 0.4) is 0 Å². The number of carboxylic acid groups (broad SMARTS) is 1. The molecule has 0 bridgehead atoms. The van der Waals surface area contributed by atoms with Gasteiger partial charge >= 0.3 is 5.97 Å². The van der Waals surface area contributed by atoms with Gasteiger partial charge in [-0.25, -0.2) is 4.79 Å². The molecule has 1 unspecified atom stereocenters. The minimum absolute atomic E-state index is 0.348. The van der Waals surface area contributed by atoms with Gasteiger partial charge in [-0.2, -0.15) is 0 Å². The van der Waals surface area contributed by atoms with E-state index in [9.17, 15) is 9.90 Å². The van der Waals surface area contributed by atoms with Crippen molar-refractivity contribution in [3.8, 4) is 0 Å². The van der Waals surface area contributed by atoms with E-state index in [0.29, 0.717) is 6.04 Å². The van der Waals surface area contributed by atoms with Gasteiger partial charge in [0.05, 0.1) is 0 Å². The Morgan fingerprint density at radius 2 is 2.00 bits per heavy atom. The molecular formula is C13H17NO2. The number of benzene rings is 1. The van der Waals surface area contributed by atoms with E-state index in [2.05, 4.69) is 5.32 Å². The molecule has 1 fully saturated rings. The molecule has 0 aromatic heterocycles. The van der Waals surface area contributed by atoms with E-state index >= 15 is 0 Å². The van der Waals surface area contributed by atoms with Gasteiger partial charge in [0.15, 0.2) is 0 Å². The first kappa shape index (κ1) is 11.1. The first-order chi connectivity index (χ1) is 7.63. The molecular weight excluding hydrogens is 202 g/mol. The van der Waals surface area contributed by atoms with Crippen molar-refractivity contribution in [3.05, 3.63) is 35.9 Å². The van der Waals surface area contributed by atoms with Gasteiger partial charge in [0.2, 0.25) is 0 Å². The molecule has 1 aromatic carbocycles. The van der Waals surface area contributed by atoms with E-state index < -0.39 is 11.5 Å². The minimum Gasteiger partial charge on any atom is -0.480 e. The van der Waals surface area contributed by atoms with Crippen molar-refractivity contribution in [2.75, 3.05) is 0 Å². The Kier molecular flexibility index (Phi) is 2.97. The van der Waals surface area contributed by atoms with Crippen LogP contribution in [0.5, 0.6) is 0 Å². The predicted molar refractivity (Wildman–Crippen MR) is 62.2 cm³/mol. The van der Waals surface area contributed by atoms with Crippen LogP contribution in [0.25, 0.3) is 0 Å². The summed E-state index contributed by atoms with van der Waals surface area (Å²) >= 11 is 0. The minimum atomic E-state index is -0.966. The van der Waals surface area contributed by atoms with Crippen molar-refractivity contribution in [1.29, 1.82) is 0 Å². The van der Waals surface area contributed by atoms with Gasteiger partial charge < -0.3 is 5.11 Å². The van der Waals surface area contributed by atoms with Gasteiger partial charge in [-0.1, -0.05) is 36.8 Å². The Hall–Kier alpha value is -1.35. The molecule has 3 nitrogen and oxygen atoms in total. The average Bonchev–Trinajstić information content (AvgIpc) is 2.24. The fraction of sp³-hybridized carbons (Fsp3) is 0.462. The Morgan fingerprint density at radius 1 is 1.38 bits per heavy atom. The van der Waals surface area contributed by atoms with Crippen molar-refractivity contribution < 1.29 is 9.90 Å². The van der Waals surface area contributed by atoms with Crippen molar-refractivity contribution in [3.63, 3.8) is 0 Å². The van der Waals surface area contributed by atoms with Gasteiger partial charge in [-0.15, -0.1) is 0 Å². The molecule has 0 radical (unpaired) electrons. The summed E-state index contributed by atoms with van der Waals surface area (Å²) in [6.07, 6.45) is 3.35. The molecule has 2 N–H and O–H groups in total. The second kappa shape index (κ2) is 4.26. The number of hydrogen-bond donors (Lipinski definition) is 2. The molecule has 1 atom stereocenters. The average molecular weight is 219 g/mol. The lowest BCUT2D eigenvalue weighted by molar-refractivity contribution is -0.145.